The van der Waals surface area contributed by atoms with Crippen LogP contribution in [0.25, 0.3) is 0 Å². The van der Waals surface area contributed by atoms with E-state index in [0.717, 1.165) is 16.4 Å². The van der Waals surface area contributed by atoms with Crippen LogP contribution >= 0.6 is 23.4 Å². The summed E-state index contributed by atoms with van der Waals surface area (Å²) in [5.74, 6) is 0.545. The standard InChI is InChI=1S/C15H13ClO3S/c16-14-7-6-12(10-13(14)15(17)18)20-9-8-19-11-4-2-1-3-5-11/h1-7,10H,8-9H2,(H,17,18). The highest BCUT2D eigenvalue weighted by molar-refractivity contribution is 7.99. The maximum Gasteiger partial charge on any atom is 0.337 e. The Hall–Kier alpha value is -1.65. The maximum absolute atomic E-state index is 11.0. The lowest BCUT2D eigenvalue weighted by Gasteiger charge is -2.07. The van der Waals surface area contributed by atoms with Gasteiger partial charge in [0.2, 0.25) is 0 Å². The van der Waals surface area contributed by atoms with Crippen LogP contribution in [0.1, 0.15) is 10.4 Å². The van der Waals surface area contributed by atoms with Crippen LogP contribution in [0.5, 0.6) is 5.75 Å². The summed E-state index contributed by atoms with van der Waals surface area (Å²) in [7, 11) is 0. The van der Waals surface area contributed by atoms with Gasteiger partial charge in [0.1, 0.15) is 5.75 Å². The number of ether oxygens (including phenoxy) is 1. The zero-order valence-electron chi connectivity index (χ0n) is 10.6. The summed E-state index contributed by atoms with van der Waals surface area (Å²) in [6.45, 7) is 0.555. The predicted molar refractivity (Wildman–Crippen MR) is 81.1 cm³/mol. The van der Waals surface area contributed by atoms with E-state index >= 15 is 0 Å². The fraction of sp³-hybridized carbons (Fsp3) is 0.133. The Bertz CT molecular complexity index is 587. The van der Waals surface area contributed by atoms with Crippen molar-refractivity contribution in [2.24, 2.45) is 0 Å². The molecule has 2 rings (SSSR count). The monoisotopic (exact) mass is 308 g/mol. The average molecular weight is 309 g/mol. The van der Waals surface area contributed by atoms with Gasteiger partial charge in [-0.2, -0.15) is 0 Å². The lowest BCUT2D eigenvalue weighted by atomic mass is 10.2. The fourth-order valence-electron chi connectivity index (χ4n) is 1.59. The predicted octanol–water partition coefficient (Wildman–Crippen LogP) is 4.21. The molecule has 0 heterocycles. The summed E-state index contributed by atoms with van der Waals surface area (Å²) in [4.78, 5) is 11.8. The Morgan fingerprint density at radius 1 is 1.20 bits per heavy atom. The van der Waals surface area contributed by atoms with E-state index in [1.807, 2.05) is 36.4 Å². The number of rotatable bonds is 6. The number of halogens is 1. The van der Waals surface area contributed by atoms with E-state index in [1.165, 1.54) is 11.8 Å². The largest absolute Gasteiger partial charge is 0.493 e. The molecule has 0 spiro atoms. The van der Waals surface area contributed by atoms with Gasteiger partial charge in [0, 0.05) is 10.6 Å². The highest BCUT2D eigenvalue weighted by Gasteiger charge is 2.09. The molecule has 2 aromatic carbocycles. The summed E-state index contributed by atoms with van der Waals surface area (Å²) >= 11 is 7.35. The van der Waals surface area contributed by atoms with E-state index in [-0.39, 0.29) is 10.6 Å². The first-order valence-electron chi connectivity index (χ1n) is 6.00. The third kappa shape index (κ3) is 4.18. The molecule has 0 aliphatic carbocycles. The lowest BCUT2D eigenvalue weighted by molar-refractivity contribution is 0.0697. The number of carboxylic acids is 1. The molecule has 2 aromatic rings. The molecule has 0 saturated heterocycles. The van der Waals surface area contributed by atoms with Crippen molar-refractivity contribution in [3.63, 3.8) is 0 Å². The number of carbonyl (C=O) groups is 1. The van der Waals surface area contributed by atoms with Gasteiger partial charge in [-0.3, -0.25) is 0 Å². The van der Waals surface area contributed by atoms with E-state index in [9.17, 15) is 4.79 Å². The molecule has 0 fully saturated rings. The molecular weight excluding hydrogens is 296 g/mol. The van der Waals surface area contributed by atoms with Crippen molar-refractivity contribution in [2.45, 2.75) is 4.90 Å². The fourth-order valence-corrected chi connectivity index (χ4v) is 2.56. The Balaban J connectivity index is 1.85. The molecule has 0 aromatic heterocycles. The van der Waals surface area contributed by atoms with Gasteiger partial charge < -0.3 is 9.84 Å². The van der Waals surface area contributed by atoms with E-state index in [2.05, 4.69) is 0 Å². The SMILES string of the molecule is O=C(O)c1cc(SCCOc2ccccc2)ccc1Cl. The van der Waals surface area contributed by atoms with Crippen LogP contribution in [0, 0.1) is 0 Å². The molecule has 1 N–H and O–H groups in total. The van der Waals surface area contributed by atoms with Gasteiger partial charge in [0.05, 0.1) is 17.2 Å². The Morgan fingerprint density at radius 2 is 1.95 bits per heavy atom. The van der Waals surface area contributed by atoms with Crippen molar-refractivity contribution in [2.75, 3.05) is 12.4 Å². The minimum atomic E-state index is -1.02. The molecule has 0 bridgehead atoms. The van der Waals surface area contributed by atoms with Crippen molar-refractivity contribution in [3.8, 4) is 5.75 Å². The van der Waals surface area contributed by atoms with E-state index in [1.54, 1.807) is 12.1 Å². The van der Waals surface area contributed by atoms with Crippen LogP contribution in [0.2, 0.25) is 5.02 Å². The van der Waals surface area contributed by atoms with Crippen molar-refractivity contribution in [1.82, 2.24) is 0 Å². The molecule has 0 saturated carbocycles. The number of hydrogen-bond acceptors (Lipinski definition) is 3. The lowest BCUT2D eigenvalue weighted by Crippen LogP contribution is -2.01. The van der Waals surface area contributed by atoms with Gasteiger partial charge in [-0.05, 0) is 30.3 Å². The summed E-state index contributed by atoms with van der Waals surface area (Å²) in [6.07, 6.45) is 0. The molecule has 0 radical (unpaired) electrons. The Morgan fingerprint density at radius 3 is 2.65 bits per heavy atom. The minimum Gasteiger partial charge on any atom is -0.493 e. The maximum atomic E-state index is 11.0. The van der Waals surface area contributed by atoms with Crippen LogP contribution in [-0.4, -0.2) is 23.4 Å². The third-order valence-corrected chi connectivity index (χ3v) is 3.82. The second-order valence-electron chi connectivity index (χ2n) is 3.96. The van der Waals surface area contributed by atoms with Crippen molar-refractivity contribution in [1.29, 1.82) is 0 Å². The molecule has 0 aliphatic rings. The number of para-hydroxylation sites is 1. The molecule has 0 atom stereocenters. The molecule has 5 heteroatoms. The van der Waals surface area contributed by atoms with Gasteiger partial charge >= 0.3 is 5.97 Å². The highest BCUT2D eigenvalue weighted by atomic mass is 35.5. The molecular formula is C15H13ClO3S. The van der Waals surface area contributed by atoms with E-state index in [0.29, 0.717) is 6.61 Å². The number of carboxylic acid groups (broad SMARTS) is 1. The molecule has 0 amide bonds. The van der Waals surface area contributed by atoms with Gasteiger partial charge in [-0.15, -0.1) is 11.8 Å². The number of benzene rings is 2. The van der Waals surface area contributed by atoms with Crippen LogP contribution in [0.15, 0.2) is 53.4 Å². The highest BCUT2D eigenvalue weighted by Crippen LogP contribution is 2.24. The van der Waals surface area contributed by atoms with Crippen LogP contribution in [-0.2, 0) is 0 Å². The summed E-state index contributed by atoms with van der Waals surface area (Å²) in [5.41, 5.74) is 0.126. The third-order valence-electron chi connectivity index (χ3n) is 2.53. The number of aromatic carboxylic acids is 1. The summed E-state index contributed by atoms with van der Waals surface area (Å²) in [5, 5.41) is 9.24. The zero-order chi connectivity index (χ0) is 14.4. The van der Waals surface area contributed by atoms with Crippen molar-refractivity contribution >= 4 is 29.3 Å². The Labute approximate surface area is 126 Å². The topological polar surface area (TPSA) is 46.5 Å². The molecule has 0 aliphatic heterocycles. The second-order valence-corrected chi connectivity index (χ2v) is 5.53. The number of thioether (sulfide) groups is 1. The normalized spacial score (nSPS) is 10.2. The van der Waals surface area contributed by atoms with Gasteiger partial charge in [0.25, 0.3) is 0 Å². The van der Waals surface area contributed by atoms with E-state index < -0.39 is 5.97 Å². The molecule has 20 heavy (non-hydrogen) atoms. The molecule has 104 valence electrons. The summed E-state index contributed by atoms with van der Waals surface area (Å²) < 4.78 is 5.57. The zero-order valence-corrected chi connectivity index (χ0v) is 12.2. The van der Waals surface area contributed by atoms with Gasteiger partial charge in [0.15, 0.2) is 0 Å². The van der Waals surface area contributed by atoms with Gasteiger partial charge in [-0.1, -0.05) is 29.8 Å². The van der Waals surface area contributed by atoms with Crippen molar-refractivity contribution < 1.29 is 14.6 Å². The van der Waals surface area contributed by atoms with E-state index in [4.69, 9.17) is 21.4 Å². The average Bonchev–Trinajstić information content (AvgIpc) is 2.46. The first kappa shape index (κ1) is 14.8. The smallest absolute Gasteiger partial charge is 0.337 e. The number of hydrogen-bond donors (Lipinski definition) is 1. The van der Waals surface area contributed by atoms with Crippen LogP contribution in [0.4, 0.5) is 0 Å². The summed E-state index contributed by atoms with van der Waals surface area (Å²) in [6, 6.07) is 14.6. The van der Waals surface area contributed by atoms with Gasteiger partial charge in [-0.25, -0.2) is 4.79 Å². The quantitative estimate of drug-likeness (QED) is 0.641. The van der Waals surface area contributed by atoms with Crippen LogP contribution < -0.4 is 4.74 Å². The first-order valence-corrected chi connectivity index (χ1v) is 7.36. The Kier molecular flexibility index (Phi) is 5.32. The van der Waals surface area contributed by atoms with Crippen LogP contribution in [0.3, 0.4) is 0 Å². The first-order chi connectivity index (χ1) is 9.66. The second kappa shape index (κ2) is 7.22. The minimum absolute atomic E-state index is 0.126. The van der Waals surface area contributed by atoms with Crippen molar-refractivity contribution in [3.05, 3.63) is 59.1 Å². The molecule has 3 nitrogen and oxygen atoms in total. The molecule has 0 unspecified atom stereocenters.